The van der Waals surface area contributed by atoms with Crippen LogP contribution in [0, 0.1) is 0 Å². The topological polar surface area (TPSA) is 85.6 Å². The first-order chi connectivity index (χ1) is 7.81. The normalized spacial score (nSPS) is 12.9. The van der Waals surface area contributed by atoms with E-state index in [9.17, 15) is 4.57 Å². The molecule has 1 unspecified atom stereocenters. The predicted octanol–water partition coefficient (Wildman–Crippen LogP) is 0.652. The lowest BCUT2D eigenvalue weighted by molar-refractivity contribution is 0.155. The quantitative estimate of drug-likeness (QED) is 0.269. The molecule has 16 heavy (non-hydrogen) atoms. The second kappa shape index (κ2) is 13.1. The number of rotatable bonds is 12. The van der Waals surface area contributed by atoms with Gasteiger partial charge in [0.1, 0.15) is 0 Å². The van der Waals surface area contributed by atoms with Crippen LogP contribution in [0.25, 0.3) is 0 Å². The molecule has 0 saturated carbocycles. The molecule has 0 aliphatic carbocycles. The summed E-state index contributed by atoms with van der Waals surface area (Å²) in [4.78, 5) is 0. The Kier molecular flexibility index (Phi) is 13.1. The fraction of sp³-hybridized carbons (Fsp3) is 1.00. The Balaban J connectivity index is 3.11. The summed E-state index contributed by atoms with van der Waals surface area (Å²) in [5.41, 5.74) is 7.88. The fourth-order valence-electron chi connectivity index (χ4n) is 1.01. The number of hydrogen-bond donors (Lipinski definition) is 3. The van der Waals surface area contributed by atoms with Crippen LogP contribution in [0.1, 0.15) is 26.2 Å². The molecule has 0 aliphatic heterocycles. The van der Waals surface area contributed by atoms with Crippen molar-refractivity contribution in [1.82, 2.24) is 10.8 Å². The average molecular weight is 253 g/mol. The summed E-state index contributed by atoms with van der Waals surface area (Å²) in [5.74, 6) is 0. The Morgan fingerprint density at radius 2 is 2.06 bits per heavy atom. The maximum atomic E-state index is 11.1. The van der Waals surface area contributed by atoms with Gasteiger partial charge in [0, 0.05) is 26.2 Å². The van der Waals surface area contributed by atoms with Gasteiger partial charge in [-0.15, -0.1) is 0 Å². The van der Waals surface area contributed by atoms with Crippen molar-refractivity contribution < 1.29 is 13.7 Å². The number of hydroxylamine groups is 1. The van der Waals surface area contributed by atoms with Gasteiger partial charge in [-0.1, -0.05) is 19.8 Å². The second-order valence-electron chi connectivity index (χ2n) is 3.34. The maximum absolute atomic E-state index is 11.1. The van der Waals surface area contributed by atoms with Gasteiger partial charge in [0.05, 0.1) is 6.61 Å². The molecule has 1 atom stereocenters. The van der Waals surface area contributed by atoms with E-state index in [2.05, 4.69) is 17.7 Å². The van der Waals surface area contributed by atoms with Crippen LogP contribution < -0.4 is 16.5 Å². The third-order valence-corrected chi connectivity index (χ3v) is 2.60. The Bertz CT molecular complexity index is 172. The molecule has 0 aromatic carbocycles. The van der Waals surface area contributed by atoms with Crippen molar-refractivity contribution in [3.05, 3.63) is 0 Å². The minimum atomic E-state index is -2.38. The van der Waals surface area contributed by atoms with E-state index in [-0.39, 0.29) is 0 Å². The van der Waals surface area contributed by atoms with Crippen molar-refractivity contribution in [1.29, 1.82) is 0 Å². The molecule has 0 amide bonds. The lowest BCUT2D eigenvalue weighted by Gasteiger charge is -2.06. The van der Waals surface area contributed by atoms with Crippen LogP contribution in [-0.2, 0) is 13.7 Å². The van der Waals surface area contributed by atoms with Crippen LogP contribution in [0.2, 0.25) is 0 Å². The summed E-state index contributed by atoms with van der Waals surface area (Å²) in [6.45, 7) is 5.29. The van der Waals surface area contributed by atoms with Crippen LogP contribution in [-0.4, -0.2) is 32.8 Å². The molecule has 0 aromatic heterocycles. The summed E-state index contributed by atoms with van der Waals surface area (Å²) in [5, 5.41) is 3.07. The van der Waals surface area contributed by atoms with Gasteiger partial charge in [0.2, 0.25) is 0 Å². The van der Waals surface area contributed by atoms with Gasteiger partial charge >= 0.3 is 8.25 Å². The fourth-order valence-corrected chi connectivity index (χ4v) is 1.60. The molecule has 4 N–H and O–H groups in total. The van der Waals surface area contributed by atoms with E-state index in [0.717, 1.165) is 32.4 Å². The highest BCUT2D eigenvalue weighted by atomic mass is 31.1. The molecule has 98 valence electrons. The monoisotopic (exact) mass is 253 g/mol. The first kappa shape index (κ1) is 16.0. The van der Waals surface area contributed by atoms with Gasteiger partial charge in [-0.2, -0.15) is 5.48 Å². The van der Waals surface area contributed by atoms with Crippen molar-refractivity contribution in [3.8, 4) is 0 Å². The lowest BCUT2D eigenvalue weighted by atomic mass is 10.3. The van der Waals surface area contributed by atoms with E-state index in [1.165, 1.54) is 0 Å². The van der Waals surface area contributed by atoms with Crippen molar-refractivity contribution in [2.24, 2.45) is 5.73 Å². The Morgan fingerprint density at radius 3 is 2.75 bits per heavy atom. The number of nitrogens with two attached hydrogens (primary N) is 1. The zero-order chi connectivity index (χ0) is 12.1. The lowest BCUT2D eigenvalue weighted by Crippen LogP contribution is -2.30. The highest BCUT2D eigenvalue weighted by Gasteiger charge is 1.98. The van der Waals surface area contributed by atoms with Crippen LogP contribution in [0.4, 0.5) is 0 Å². The van der Waals surface area contributed by atoms with Crippen LogP contribution in [0.5, 0.6) is 0 Å². The van der Waals surface area contributed by atoms with Gasteiger partial charge in [-0.25, -0.2) is 4.62 Å². The molecule has 0 spiro atoms. The second-order valence-corrected chi connectivity index (χ2v) is 4.33. The number of unbranched alkanes of at least 4 members (excludes halogenated alkanes) is 2. The molecule has 0 bridgehead atoms. The zero-order valence-corrected chi connectivity index (χ0v) is 11.0. The van der Waals surface area contributed by atoms with E-state index in [4.69, 9.17) is 14.9 Å². The van der Waals surface area contributed by atoms with Crippen molar-refractivity contribution in [3.63, 3.8) is 0 Å². The van der Waals surface area contributed by atoms with E-state index in [1.54, 1.807) is 0 Å². The van der Waals surface area contributed by atoms with Crippen molar-refractivity contribution >= 4 is 8.25 Å². The summed E-state index contributed by atoms with van der Waals surface area (Å²) >= 11 is 0. The highest BCUT2D eigenvalue weighted by Crippen LogP contribution is 2.21. The third kappa shape index (κ3) is 12.1. The van der Waals surface area contributed by atoms with Crippen molar-refractivity contribution in [2.75, 3.05) is 32.8 Å². The first-order valence-corrected chi connectivity index (χ1v) is 7.01. The van der Waals surface area contributed by atoms with E-state index in [0.29, 0.717) is 19.7 Å². The predicted molar refractivity (Wildman–Crippen MR) is 65.5 cm³/mol. The Morgan fingerprint density at radius 1 is 1.25 bits per heavy atom. The number of hydrogen-bond acceptors (Lipinski definition) is 6. The molecule has 0 saturated heterocycles. The van der Waals surface area contributed by atoms with Gasteiger partial charge in [0.15, 0.2) is 0 Å². The van der Waals surface area contributed by atoms with E-state index < -0.39 is 8.25 Å². The molecule has 0 fully saturated rings. The first-order valence-electron chi connectivity index (χ1n) is 5.78. The van der Waals surface area contributed by atoms with E-state index >= 15 is 0 Å². The SMILES string of the molecule is CCCCCO[PH](=O)ONCCNCCN. The summed E-state index contributed by atoms with van der Waals surface area (Å²) in [6.07, 6.45) is 3.14. The van der Waals surface area contributed by atoms with Crippen LogP contribution in [0.15, 0.2) is 0 Å². The van der Waals surface area contributed by atoms with Gasteiger partial charge in [-0.05, 0) is 6.42 Å². The Labute approximate surface area is 98.2 Å². The summed E-state index contributed by atoms with van der Waals surface area (Å²) in [7, 11) is -2.38. The van der Waals surface area contributed by atoms with Gasteiger partial charge in [-0.3, -0.25) is 4.57 Å². The standard InChI is InChI=1S/C9H24N3O3P/c1-2-3-4-9-14-16(13)15-12-8-7-11-6-5-10/h11-12,16H,2-10H2,1H3. The molecule has 0 heterocycles. The van der Waals surface area contributed by atoms with Gasteiger partial charge in [0.25, 0.3) is 0 Å². The van der Waals surface area contributed by atoms with E-state index in [1.807, 2.05) is 0 Å². The largest absolute Gasteiger partial charge is 0.335 e. The smallest absolute Gasteiger partial charge is 0.329 e. The minimum absolute atomic E-state index is 0.499. The van der Waals surface area contributed by atoms with Crippen molar-refractivity contribution in [2.45, 2.75) is 26.2 Å². The maximum Gasteiger partial charge on any atom is 0.335 e. The molecule has 7 heteroatoms. The molecule has 0 aliphatic rings. The molecule has 0 aromatic rings. The van der Waals surface area contributed by atoms with Crippen LogP contribution >= 0.6 is 8.25 Å². The third-order valence-electron chi connectivity index (χ3n) is 1.85. The zero-order valence-electron chi connectivity index (χ0n) is 9.96. The summed E-state index contributed by atoms with van der Waals surface area (Å²) in [6, 6.07) is 0. The van der Waals surface area contributed by atoms with Gasteiger partial charge < -0.3 is 15.6 Å². The Hall–Kier alpha value is 0.0300. The molecular formula is C9H24N3O3P. The summed E-state index contributed by atoms with van der Waals surface area (Å²) < 4.78 is 20.9. The number of nitrogens with one attached hydrogen (secondary N) is 2. The van der Waals surface area contributed by atoms with Crippen LogP contribution in [0.3, 0.4) is 0 Å². The molecular weight excluding hydrogens is 229 g/mol. The average Bonchev–Trinajstić information content (AvgIpc) is 2.29. The molecule has 0 radical (unpaired) electrons. The molecule has 6 nitrogen and oxygen atoms in total. The molecule has 0 rings (SSSR count). The minimum Gasteiger partial charge on any atom is -0.329 e. The highest BCUT2D eigenvalue weighted by molar-refractivity contribution is 7.33.